The average molecular weight is 297 g/mol. The maximum atomic E-state index is 4.50. The van der Waals surface area contributed by atoms with Gasteiger partial charge in [0.25, 0.3) is 0 Å². The van der Waals surface area contributed by atoms with Gasteiger partial charge in [-0.05, 0) is 26.0 Å². The van der Waals surface area contributed by atoms with Gasteiger partial charge in [-0.2, -0.15) is 5.10 Å². The molecule has 0 radical (unpaired) electrons. The normalized spacial score (nSPS) is 10.9. The Labute approximate surface area is 129 Å². The van der Waals surface area contributed by atoms with E-state index in [0.717, 1.165) is 41.4 Å². The molecule has 0 aliphatic heterocycles. The van der Waals surface area contributed by atoms with Crippen LogP contribution in [0.5, 0.6) is 0 Å². The SMILES string of the molecule is CCN(CC)c1ccc(Nc2ncnc3c2cnn3C)cn1. The van der Waals surface area contributed by atoms with Crippen molar-refractivity contribution in [3.63, 3.8) is 0 Å². The zero-order chi connectivity index (χ0) is 15.5. The Hall–Kier alpha value is -2.70. The van der Waals surface area contributed by atoms with E-state index in [4.69, 9.17) is 0 Å². The Morgan fingerprint density at radius 2 is 1.91 bits per heavy atom. The average Bonchev–Trinajstić information content (AvgIpc) is 2.93. The predicted octanol–water partition coefficient (Wildman–Crippen LogP) is 2.35. The van der Waals surface area contributed by atoms with Crippen LogP contribution in [-0.4, -0.2) is 37.8 Å². The standard InChI is InChI=1S/C15H19N7/c1-4-22(5-2)13-7-6-11(8-16-13)20-14-12-9-19-21(3)15(12)18-10-17-14/h6-10H,4-5H2,1-3H3,(H,17,18,20). The van der Waals surface area contributed by atoms with Gasteiger partial charge >= 0.3 is 0 Å². The molecular weight excluding hydrogens is 278 g/mol. The van der Waals surface area contributed by atoms with Crippen molar-refractivity contribution in [3.05, 3.63) is 30.9 Å². The molecule has 0 aliphatic carbocycles. The number of fused-ring (bicyclic) bond motifs is 1. The van der Waals surface area contributed by atoms with Gasteiger partial charge in [-0.3, -0.25) is 4.68 Å². The Morgan fingerprint density at radius 3 is 2.59 bits per heavy atom. The third kappa shape index (κ3) is 2.57. The molecule has 3 rings (SSSR count). The zero-order valence-corrected chi connectivity index (χ0v) is 13.0. The van der Waals surface area contributed by atoms with Crippen LogP contribution in [-0.2, 0) is 7.05 Å². The molecule has 0 saturated heterocycles. The van der Waals surface area contributed by atoms with Gasteiger partial charge in [0.1, 0.15) is 18.0 Å². The highest BCUT2D eigenvalue weighted by Crippen LogP contribution is 2.22. The van der Waals surface area contributed by atoms with Crippen LogP contribution in [0.4, 0.5) is 17.3 Å². The molecule has 7 heteroatoms. The quantitative estimate of drug-likeness (QED) is 0.779. The minimum absolute atomic E-state index is 0.732. The van der Waals surface area contributed by atoms with Crippen LogP contribution in [0.15, 0.2) is 30.9 Å². The fraction of sp³-hybridized carbons (Fsp3) is 0.333. The van der Waals surface area contributed by atoms with E-state index in [9.17, 15) is 0 Å². The zero-order valence-electron chi connectivity index (χ0n) is 13.0. The highest BCUT2D eigenvalue weighted by atomic mass is 15.3. The molecule has 22 heavy (non-hydrogen) atoms. The van der Waals surface area contributed by atoms with Gasteiger partial charge in [0.05, 0.1) is 23.5 Å². The van der Waals surface area contributed by atoms with Crippen LogP contribution in [0.1, 0.15) is 13.8 Å². The van der Waals surface area contributed by atoms with E-state index >= 15 is 0 Å². The van der Waals surface area contributed by atoms with Crippen LogP contribution in [0.25, 0.3) is 11.0 Å². The molecule has 3 aromatic rings. The van der Waals surface area contributed by atoms with Gasteiger partial charge in [-0.25, -0.2) is 15.0 Å². The van der Waals surface area contributed by atoms with E-state index in [2.05, 4.69) is 44.1 Å². The number of aryl methyl sites for hydroxylation is 1. The summed E-state index contributed by atoms with van der Waals surface area (Å²) in [6.07, 6.45) is 5.11. The van der Waals surface area contributed by atoms with Crippen molar-refractivity contribution in [1.29, 1.82) is 0 Å². The number of rotatable bonds is 5. The summed E-state index contributed by atoms with van der Waals surface area (Å²) < 4.78 is 1.73. The molecule has 1 N–H and O–H groups in total. The number of hydrogen-bond donors (Lipinski definition) is 1. The highest BCUT2D eigenvalue weighted by Gasteiger charge is 2.08. The largest absolute Gasteiger partial charge is 0.357 e. The minimum atomic E-state index is 0.732. The maximum Gasteiger partial charge on any atom is 0.163 e. The summed E-state index contributed by atoms with van der Waals surface area (Å²) in [6.45, 7) is 6.13. The third-order valence-corrected chi connectivity index (χ3v) is 3.63. The molecule has 0 saturated carbocycles. The number of pyridine rings is 1. The molecule has 3 aromatic heterocycles. The first-order chi connectivity index (χ1) is 10.7. The number of nitrogens with zero attached hydrogens (tertiary/aromatic N) is 6. The van der Waals surface area contributed by atoms with Crippen LogP contribution in [0, 0.1) is 0 Å². The fourth-order valence-electron chi connectivity index (χ4n) is 2.39. The van der Waals surface area contributed by atoms with Gasteiger partial charge in [0.2, 0.25) is 0 Å². The summed E-state index contributed by atoms with van der Waals surface area (Å²) in [5.74, 6) is 1.71. The Balaban J connectivity index is 1.86. The Morgan fingerprint density at radius 1 is 1.09 bits per heavy atom. The summed E-state index contributed by atoms with van der Waals surface area (Å²) in [4.78, 5) is 15.2. The van der Waals surface area contributed by atoms with Crippen molar-refractivity contribution in [2.75, 3.05) is 23.3 Å². The smallest absolute Gasteiger partial charge is 0.163 e. The van der Waals surface area contributed by atoms with Gasteiger partial charge in [-0.1, -0.05) is 0 Å². The first-order valence-electron chi connectivity index (χ1n) is 7.33. The van der Waals surface area contributed by atoms with Gasteiger partial charge in [-0.15, -0.1) is 0 Å². The molecule has 7 nitrogen and oxygen atoms in total. The van der Waals surface area contributed by atoms with Gasteiger partial charge in [0.15, 0.2) is 5.65 Å². The number of aromatic nitrogens is 5. The molecule has 0 atom stereocenters. The molecule has 114 valence electrons. The van der Waals surface area contributed by atoms with Crippen molar-refractivity contribution in [2.24, 2.45) is 7.05 Å². The predicted molar refractivity (Wildman–Crippen MR) is 87.4 cm³/mol. The van der Waals surface area contributed by atoms with Crippen molar-refractivity contribution < 1.29 is 0 Å². The summed E-state index contributed by atoms with van der Waals surface area (Å²) >= 11 is 0. The second kappa shape index (κ2) is 5.97. The summed E-state index contributed by atoms with van der Waals surface area (Å²) in [5.41, 5.74) is 1.69. The summed E-state index contributed by atoms with van der Waals surface area (Å²) in [5, 5.41) is 8.37. The molecule has 0 bridgehead atoms. The summed E-state index contributed by atoms with van der Waals surface area (Å²) in [7, 11) is 1.86. The molecule has 0 spiro atoms. The van der Waals surface area contributed by atoms with E-state index < -0.39 is 0 Å². The lowest BCUT2D eigenvalue weighted by molar-refractivity contribution is 0.785. The molecule has 0 aromatic carbocycles. The number of hydrogen-bond acceptors (Lipinski definition) is 6. The van der Waals surface area contributed by atoms with E-state index in [0.29, 0.717) is 0 Å². The van der Waals surface area contributed by atoms with Crippen LogP contribution in [0.3, 0.4) is 0 Å². The van der Waals surface area contributed by atoms with E-state index in [1.165, 1.54) is 6.33 Å². The molecule has 0 amide bonds. The minimum Gasteiger partial charge on any atom is -0.357 e. The first kappa shape index (κ1) is 14.2. The molecular formula is C15H19N7. The van der Waals surface area contributed by atoms with Crippen LogP contribution in [0.2, 0.25) is 0 Å². The Bertz CT molecular complexity index is 759. The van der Waals surface area contributed by atoms with Crippen molar-refractivity contribution in [2.45, 2.75) is 13.8 Å². The molecule has 0 fully saturated rings. The molecule has 0 aliphatic rings. The molecule has 3 heterocycles. The maximum absolute atomic E-state index is 4.50. The van der Waals surface area contributed by atoms with Crippen LogP contribution >= 0.6 is 0 Å². The topological polar surface area (TPSA) is 71.8 Å². The summed E-state index contributed by atoms with van der Waals surface area (Å²) in [6, 6.07) is 4.02. The van der Waals surface area contributed by atoms with Crippen molar-refractivity contribution >= 4 is 28.4 Å². The molecule has 0 unspecified atom stereocenters. The van der Waals surface area contributed by atoms with Crippen LogP contribution < -0.4 is 10.2 Å². The van der Waals surface area contributed by atoms with Gasteiger partial charge in [0, 0.05) is 20.1 Å². The second-order valence-electron chi connectivity index (χ2n) is 4.93. The van der Waals surface area contributed by atoms with Crippen molar-refractivity contribution in [3.8, 4) is 0 Å². The first-order valence-corrected chi connectivity index (χ1v) is 7.33. The number of anilines is 3. The van der Waals surface area contributed by atoms with E-state index in [-0.39, 0.29) is 0 Å². The lowest BCUT2D eigenvalue weighted by Crippen LogP contribution is -2.22. The monoisotopic (exact) mass is 297 g/mol. The fourth-order valence-corrected chi connectivity index (χ4v) is 2.39. The number of nitrogens with one attached hydrogen (secondary N) is 1. The lowest BCUT2D eigenvalue weighted by atomic mass is 10.3. The van der Waals surface area contributed by atoms with Gasteiger partial charge < -0.3 is 10.2 Å². The van der Waals surface area contributed by atoms with E-state index in [1.54, 1.807) is 10.9 Å². The lowest BCUT2D eigenvalue weighted by Gasteiger charge is -2.19. The van der Waals surface area contributed by atoms with E-state index in [1.807, 2.05) is 25.4 Å². The third-order valence-electron chi connectivity index (χ3n) is 3.63. The second-order valence-corrected chi connectivity index (χ2v) is 4.93. The Kier molecular flexibility index (Phi) is 3.86. The highest BCUT2D eigenvalue weighted by molar-refractivity contribution is 5.88. The van der Waals surface area contributed by atoms with Crippen molar-refractivity contribution in [1.82, 2.24) is 24.7 Å².